The van der Waals surface area contributed by atoms with Crippen molar-refractivity contribution >= 4 is 34.5 Å². The molecule has 0 radical (unpaired) electrons. The Hall–Kier alpha value is -1.63. The highest BCUT2D eigenvalue weighted by molar-refractivity contribution is 14.1. The average molecular weight is 444 g/mol. The Kier molecular flexibility index (Phi) is 8.74. The van der Waals surface area contributed by atoms with Crippen LogP contribution >= 0.6 is 22.6 Å². The summed E-state index contributed by atoms with van der Waals surface area (Å²) in [6, 6.07) is 7.72. The first kappa shape index (κ1) is 20.4. The molecule has 0 heterocycles. The lowest BCUT2D eigenvalue weighted by molar-refractivity contribution is -0.152. The van der Waals surface area contributed by atoms with E-state index >= 15 is 0 Å². The quantitative estimate of drug-likeness (QED) is 0.274. The van der Waals surface area contributed by atoms with E-state index in [1.165, 1.54) is 6.92 Å². The van der Waals surface area contributed by atoms with E-state index in [0.29, 0.717) is 6.61 Å². The number of alkyl halides is 1. The maximum Gasteiger partial charge on any atom is 0.333 e. The van der Waals surface area contributed by atoms with Crippen molar-refractivity contribution < 1.29 is 19.1 Å². The fraction of sp³-hybridized carbons (Fsp3) is 0.412. The molecule has 4 atom stereocenters. The van der Waals surface area contributed by atoms with Crippen LogP contribution in [0, 0.1) is 12.3 Å². The molecule has 2 unspecified atom stereocenters. The van der Waals surface area contributed by atoms with Crippen molar-refractivity contribution in [2.75, 3.05) is 0 Å². The molecule has 0 spiro atoms. The zero-order chi connectivity index (χ0) is 18.1. The molecule has 6 nitrogen and oxygen atoms in total. The van der Waals surface area contributed by atoms with Crippen molar-refractivity contribution in [2.24, 2.45) is 5.73 Å². The smallest absolute Gasteiger partial charge is 0.333 e. The van der Waals surface area contributed by atoms with Gasteiger partial charge in [-0.1, -0.05) is 36.3 Å². The summed E-state index contributed by atoms with van der Waals surface area (Å²) < 4.78 is 10.1. The average Bonchev–Trinajstić information content (AvgIpc) is 2.57. The van der Waals surface area contributed by atoms with Crippen LogP contribution in [0.5, 0.6) is 0 Å². The molecule has 1 aromatic carbocycles. The van der Waals surface area contributed by atoms with Gasteiger partial charge in [0.05, 0.1) is 18.8 Å². The van der Waals surface area contributed by atoms with Crippen LogP contribution in [0.4, 0.5) is 0 Å². The summed E-state index contributed by atoms with van der Waals surface area (Å²) >= 11 is 1.80. The normalized spacial score (nSPS) is 15.5. The van der Waals surface area contributed by atoms with Gasteiger partial charge in [-0.25, -0.2) is 4.79 Å². The summed E-state index contributed by atoms with van der Waals surface area (Å²) in [5.41, 5.74) is 6.49. The SMILES string of the molecule is C#CC(I)OC(=O)[C@@H](NC(=O)[C@H](C)N)C(C)OCc1ccccc1. The second-order valence-electron chi connectivity index (χ2n) is 5.20. The summed E-state index contributed by atoms with van der Waals surface area (Å²) in [5.74, 6) is 1.15. The third kappa shape index (κ3) is 6.86. The maximum absolute atomic E-state index is 12.3. The Bertz CT molecular complexity index is 586. The number of esters is 1. The number of ether oxygens (including phenoxy) is 2. The molecule has 130 valence electrons. The van der Waals surface area contributed by atoms with Gasteiger partial charge in [0.15, 0.2) is 6.04 Å². The number of halogens is 1. The van der Waals surface area contributed by atoms with Crippen LogP contribution < -0.4 is 11.1 Å². The van der Waals surface area contributed by atoms with Gasteiger partial charge in [0, 0.05) is 0 Å². The molecule has 0 aliphatic carbocycles. The molecule has 0 aliphatic heterocycles. The van der Waals surface area contributed by atoms with Crippen LogP contribution in [0.25, 0.3) is 0 Å². The molecule has 1 rings (SSSR count). The molecule has 1 amide bonds. The Balaban J connectivity index is 2.76. The van der Waals surface area contributed by atoms with Gasteiger partial charge < -0.3 is 20.5 Å². The Labute approximate surface area is 155 Å². The standard InChI is InChI=1S/C17H21IN2O4/c1-4-14(18)24-17(22)15(20-16(21)11(2)19)12(3)23-10-13-8-6-5-7-9-13/h1,5-9,11-12,14-15H,10,19H2,2-3H3,(H,20,21)/t11-,12?,14?,15-/m0/s1. The van der Waals surface area contributed by atoms with E-state index in [4.69, 9.17) is 21.6 Å². The molecule has 3 N–H and O–H groups in total. The van der Waals surface area contributed by atoms with Crippen LogP contribution in [0.3, 0.4) is 0 Å². The Morgan fingerprint density at radius 3 is 2.50 bits per heavy atom. The minimum Gasteiger partial charge on any atom is -0.438 e. The summed E-state index contributed by atoms with van der Waals surface area (Å²) in [7, 11) is 0. The van der Waals surface area contributed by atoms with Gasteiger partial charge in [0.2, 0.25) is 10.0 Å². The van der Waals surface area contributed by atoms with Crippen LogP contribution in [0.15, 0.2) is 30.3 Å². The van der Waals surface area contributed by atoms with Crippen LogP contribution in [-0.2, 0) is 25.7 Å². The molecule has 0 bridgehead atoms. The van der Waals surface area contributed by atoms with Crippen molar-refractivity contribution in [3.63, 3.8) is 0 Å². The first-order valence-corrected chi connectivity index (χ1v) is 8.62. The molecular weight excluding hydrogens is 423 g/mol. The fourth-order valence-electron chi connectivity index (χ4n) is 1.76. The van der Waals surface area contributed by atoms with E-state index in [9.17, 15) is 9.59 Å². The minimum atomic E-state index is -1.00. The number of nitrogens with two attached hydrogens (primary N) is 1. The molecule has 0 saturated heterocycles. The summed E-state index contributed by atoms with van der Waals surface area (Å²) in [6.45, 7) is 3.49. The Morgan fingerprint density at radius 2 is 1.96 bits per heavy atom. The molecule has 7 heteroatoms. The number of terminal acetylenes is 1. The predicted molar refractivity (Wildman–Crippen MR) is 99.0 cm³/mol. The lowest BCUT2D eigenvalue weighted by Gasteiger charge is -2.25. The molecule has 1 aromatic rings. The lowest BCUT2D eigenvalue weighted by atomic mass is 10.1. The van der Waals surface area contributed by atoms with Crippen molar-refractivity contribution in [1.82, 2.24) is 5.32 Å². The lowest BCUT2D eigenvalue weighted by Crippen LogP contribution is -2.53. The third-order valence-electron chi connectivity index (χ3n) is 3.14. The summed E-state index contributed by atoms with van der Waals surface area (Å²) in [6.07, 6.45) is 4.58. The van der Waals surface area contributed by atoms with Gasteiger partial charge in [-0.3, -0.25) is 4.79 Å². The molecule has 0 fully saturated rings. The second kappa shape index (κ2) is 10.3. The number of carbonyl (C=O) groups excluding carboxylic acids is 2. The van der Waals surface area contributed by atoms with E-state index in [1.54, 1.807) is 29.5 Å². The van der Waals surface area contributed by atoms with Crippen LogP contribution in [-0.4, -0.2) is 34.2 Å². The highest BCUT2D eigenvalue weighted by Gasteiger charge is 2.31. The molecular formula is C17H21IN2O4. The highest BCUT2D eigenvalue weighted by Crippen LogP contribution is 2.10. The van der Waals surface area contributed by atoms with Gasteiger partial charge in [-0.15, -0.1) is 6.42 Å². The van der Waals surface area contributed by atoms with Gasteiger partial charge in [0.25, 0.3) is 0 Å². The number of hydrogen-bond donors (Lipinski definition) is 2. The monoisotopic (exact) mass is 444 g/mol. The van der Waals surface area contributed by atoms with Gasteiger partial charge in [-0.05, 0) is 42.0 Å². The second-order valence-corrected chi connectivity index (χ2v) is 6.33. The van der Waals surface area contributed by atoms with Crippen molar-refractivity contribution in [1.29, 1.82) is 0 Å². The molecule has 0 saturated carbocycles. The largest absolute Gasteiger partial charge is 0.438 e. The van der Waals surface area contributed by atoms with Gasteiger partial charge in [0.1, 0.15) is 0 Å². The van der Waals surface area contributed by atoms with E-state index in [0.717, 1.165) is 5.56 Å². The van der Waals surface area contributed by atoms with Gasteiger partial charge >= 0.3 is 5.97 Å². The minimum absolute atomic E-state index is 0.294. The maximum atomic E-state index is 12.3. The zero-order valence-corrected chi connectivity index (χ0v) is 15.7. The number of benzene rings is 1. The number of hydrogen-bond acceptors (Lipinski definition) is 5. The summed E-state index contributed by atoms with van der Waals surface area (Å²) in [4.78, 5) is 24.1. The van der Waals surface area contributed by atoms with Crippen LogP contribution in [0.2, 0.25) is 0 Å². The first-order valence-electron chi connectivity index (χ1n) is 7.37. The topological polar surface area (TPSA) is 90.7 Å². The highest BCUT2D eigenvalue weighted by atomic mass is 127. The van der Waals surface area contributed by atoms with Crippen molar-refractivity contribution in [3.8, 4) is 12.3 Å². The summed E-state index contributed by atoms with van der Waals surface area (Å²) in [5, 5.41) is 2.55. The Morgan fingerprint density at radius 1 is 1.33 bits per heavy atom. The van der Waals surface area contributed by atoms with Gasteiger partial charge in [-0.2, -0.15) is 0 Å². The first-order chi connectivity index (χ1) is 11.3. The molecule has 0 aromatic heterocycles. The molecule has 0 aliphatic rings. The molecule has 24 heavy (non-hydrogen) atoms. The number of carbonyl (C=O) groups is 2. The fourth-order valence-corrected chi connectivity index (χ4v) is 2.01. The zero-order valence-electron chi connectivity index (χ0n) is 13.6. The van der Waals surface area contributed by atoms with Crippen molar-refractivity contribution in [3.05, 3.63) is 35.9 Å². The van der Waals surface area contributed by atoms with Crippen molar-refractivity contribution in [2.45, 2.75) is 42.8 Å². The van der Waals surface area contributed by atoms with E-state index in [1.807, 2.05) is 30.3 Å². The number of nitrogens with one attached hydrogen (secondary N) is 1. The predicted octanol–water partition coefficient (Wildman–Crippen LogP) is 1.36. The van der Waals surface area contributed by atoms with E-state index in [-0.39, 0.29) is 0 Å². The third-order valence-corrected chi connectivity index (χ3v) is 3.75. The van der Waals surface area contributed by atoms with E-state index in [2.05, 4.69) is 11.2 Å². The number of rotatable bonds is 8. The van der Waals surface area contributed by atoms with E-state index < -0.39 is 34.2 Å². The van der Waals surface area contributed by atoms with Crippen LogP contribution in [0.1, 0.15) is 19.4 Å². The number of amides is 1.